The molecule has 2 aromatic carbocycles. The number of benzene rings is 2. The number of rotatable bonds is 5. The minimum atomic E-state index is -0.430. The third-order valence-electron chi connectivity index (χ3n) is 2.90. The van der Waals surface area contributed by atoms with E-state index in [4.69, 9.17) is 23.8 Å². The van der Waals surface area contributed by atoms with Crippen LogP contribution in [0.4, 0.5) is 4.39 Å². The molecule has 0 bridgehead atoms. The molecule has 0 aliphatic heterocycles. The van der Waals surface area contributed by atoms with E-state index < -0.39 is 5.82 Å². The van der Waals surface area contributed by atoms with Crippen LogP contribution in [-0.2, 0) is 6.42 Å². The number of hydrogen-bond acceptors (Lipinski definition) is 2. The number of hydrogen-bond donors (Lipinski definition) is 2. The average molecular weight is 336 g/mol. The second-order valence-electron chi connectivity index (χ2n) is 4.50. The number of nitrogens with zero attached hydrogens (tertiary/aromatic N) is 1. The molecule has 2 aromatic rings. The molecule has 0 aromatic heterocycles. The Morgan fingerprint density at radius 3 is 2.68 bits per heavy atom. The summed E-state index contributed by atoms with van der Waals surface area (Å²) in [5, 5.41) is 7.59. The maximum atomic E-state index is 13.5. The molecule has 22 heavy (non-hydrogen) atoms. The van der Waals surface area contributed by atoms with E-state index >= 15 is 0 Å². The molecule has 0 fully saturated rings. The third-order valence-corrected chi connectivity index (χ3v) is 3.47. The predicted molar refractivity (Wildman–Crippen MR) is 92.9 cm³/mol. The molecule has 0 radical (unpaired) electrons. The Labute approximate surface area is 139 Å². The van der Waals surface area contributed by atoms with Crippen molar-refractivity contribution in [3.05, 3.63) is 70.5 Å². The van der Waals surface area contributed by atoms with Crippen LogP contribution in [0.3, 0.4) is 0 Å². The zero-order valence-corrected chi connectivity index (χ0v) is 13.3. The molecule has 0 amide bonds. The Morgan fingerprint density at radius 1 is 1.18 bits per heavy atom. The summed E-state index contributed by atoms with van der Waals surface area (Å²) in [5.74, 6) is -0.430. The lowest BCUT2D eigenvalue weighted by atomic mass is 10.1. The first-order valence-electron chi connectivity index (χ1n) is 6.71. The van der Waals surface area contributed by atoms with Gasteiger partial charge in [-0.05, 0) is 36.3 Å². The average Bonchev–Trinajstić information content (AvgIpc) is 2.51. The quantitative estimate of drug-likeness (QED) is 0.498. The number of halogens is 2. The van der Waals surface area contributed by atoms with E-state index in [1.54, 1.807) is 6.07 Å². The van der Waals surface area contributed by atoms with Gasteiger partial charge in [-0.15, -0.1) is 0 Å². The number of thiocarbonyl (C=S) groups is 1. The predicted octanol–water partition coefficient (Wildman–Crippen LogP) is 3.52. The molecule has 0 heterocycles. The van der Waals surface area contributed by atoms with Crippen LogP contribution in [0.5, 0.6) is 0 Å². The monoisotopic (exact) mass is 335 g/mol. The maximum absolute atomic E-state index is 13.5. The maximum Gasteiger partial charge on any atom is 0.186 e. The van der Waals surface area contributed by atoms with Crippen LogP contribution in [0.15, 0.2) is 53.6 Å². The second kappa shape index (κ2) is 8.46. The van der Waals surface area contributed by atoms with Gasteiger partial charge in [-0.25, -0.2) is 4.39 Å². The number of nitrogens with one attached hydrogen (secondary N) is 2. The van der Waals surface area contributed by atoms with E-state index in [0.717, 1.165) is 6.42 Å². The van der Waals surface area contributed by atoms with Crippen molar-refractivity contribution in [2.45, 2.75) is 6.42 Å². The largest absolute Gasteiger partial charge is 0.361 e. The molecule has 0 unspecified atom stereocenters. The van der Waals surface area contributed by atoms with E-state index in [2.05, 4.69) is 28.0 Å². The summed E-state index contributed by atoms with van der Waals surface area (Å²) in [6, 6.07) is 14.5. The standard InChI is InChI=1S/C16H15ClFN3S/c17-14-7-4-8-15(18)13(14)11-20-21-16(22)19-10-9-12-5-2-1-3-6-12/h1-8,11H,9-10H2,(H2,19,21,22). The van der Waals surface area contributed by atoms with Crippen molar-refractivity contribution >= 4 is 35.1 Å². The molecule has 2 N–H and O–H groups in total. The molecule has 0 aliphatic carbocycles. The zero-order chi connectivity index (χ0) is 15.8. The molecule has 0 spiro atoms. The van der Waals surface area contributed by atoms with E-state index in [-0.39, 0.29) is 5.56 Å². The first kappa shape index (κ1) is 16.4. The van der Waals surface area contributed by atoms with Gasteiger partial charge in [0.25, 0.3) is 0 Å². The minimum Gasteiger partial charge on any atom is -0.361 e. The topological polar surface area (TPSA) is 36.4 Å². The van der Waals surface area contributed by atoms with Crippen LogP contribution < -0.4 is 10.7 Å². The van der Waals surface area contributed by atoms with Crippen molar-refractivity contribution in [3.8, 4) is 0 Å². The molecule has 3 nitrogen and oxygen atoms in total. The van der Waals surface area contributed by atoms with Crippen LogP contribution in [-0.4, -0.2) is 17.9 Å². The van der Waals surface area contributed by atoms with E-state index in [1.807, 2.05) is 18.2 Å². The third kappa shape index (κ3) is 5.09. The fourth-order valence-electron chi connectivity index (χ4n) is 1.79. The SMILES string of the molecule is Fc1cccc(Cl)c1C=NNC(=S)NCCc1ccccc1. The normalized spacial score (nSPS) is 10.6. The van der Waals surface area contributed by atoms with Gasteiger partial charge >= 0.3 is 0 Å². The molecule has 6 heteroatoms. The lowest BCUT2D eigenvalue weighted by molar-refractivity contribution is 0.626. The molecule has 0 atom stereocenters. The van der Waals surface area contributed by atoms with Crippen LogP contribution >= 0.6 is 23.8 Å². The molecular weight excluding hydrogens is 321 g/mol. The Morgan fingerprint density at radius 2 is 1.95 bits per heavy atom. The van der Waals surface area contributed by atoms with E-state index in [9.17, 15) is 4.39 Å². The first-order chi connectivity index (χ1) is 10.7. The van der Waals surface area contributed by atoms with Crippen LogP contribution in [0.25, 0.3) is 0 Å². The van der Waals surface area contributed by atoms with Gasteiger partial charge in [-0.3, -0.25) is 5.43 Å². The van der Waals surface area contributed by atoms with Gasteiger partial charge in [0.2, 0.25) is 0 Å². The highest BCUT2D eigenvalue weighted by Gasteiger charge is 2.03. The van der Waals surface area contributed by atoms with Crippen molar-refractivity contribution in [3.63, 3.8) is 0 Å². The van der Waals surface area contributed by atoms with Gasteiger partial charge in [-0.1, -0.05) is 48.0 Å². The van der Waals surface area contributed by atoms with Gasteiger partial charge in [0, 0.05) is 12.1 Å². The van der Waals surface area contributed by atoms with Gasteiger partial charge < -0.3 is 5.32 Å². The summed E-state index contributed by atoms with van der Waals surface area (Å²) >= 11 is 11.0. The minimum absolute atomic E-state index is 0.226. The van der Waals surface area contributed by atoms with Gasteiger partial charge in [-0.2, -0.15) is 5.10 Å². The molecule has 114 valence electrons. The van der Waals surface area contributed by atoms with Crippen LogP contribution in [0.1, 0.15) is 11.1 Å². The fourth-order valence-corrected chi connectivity index (χ4v) is 2.16. The molecule has 2 rings (SSSR count). The zero-order valence-electron chi connectivity index (χ0n) is 11.7. The Kier molecular flexibility index (Phi) is 6.30. The smallest absolute Gasteiger partial charge is 0.186 e. The van der Waals surface area contributed by atoms with Crippen molar-refractivity contribution in [2.24, 2.45) is 5.10 Å². The highest BCUT2D eigenvalue weighted by molar-refractivity contribution is 7.80. The number of hydrazone groups is 1. The lowest BCUT2D eigenvalue weighted by Crippen LogP contribution is -2.33. The molecule has 0 saturated heterocycles. The Balaban J connectivity index is 1.77. The fraction of sp³-hybridized carbons (Fsp3) is 0.125. The summed E-state index contributed by atoms with van der Waals surface area (Å²) in [6.45, 7) is 0.686. The van der Waals surface area contributed by atoms with Crippen molar-refractivity contribution in [2.75, 3.05) is 6.54 Å². The van der Waals surface area contributed by atoms with Crippen LogP contribution in [0, 0.1) is 5.82 Å². The summed E-state index contributed by atoms with van der Waals surface area (Å²) in [4.78, 5) is 0. The molecular formula is C16H15ClFN3S. The summed E-state index contributed by atoms with van der Waals surface area (Å²) < 4.78 is 13.5. The van der Waals surface area contributed by atoms with Crippen molar-refractivity contribution < 1.29 is 4.39 Å². The Hall–Kier alpha value is -1.98. The van der Waals surface area contributed by atoms with Gasteiger partial charge in [0.05, 0.1) is 11.2 Å². The highest BCUT2D eigenvalue weighted by Crippen LogP contribution is 2.16. The lowest BCUT2D eigenvalue weighted by Gasteiger charge is -2.07. The van der Waals surface area contributed by atoms with Crippen LogP contribution in [0.2, 0.25) is 5.02 Å². The van der Waals surface area contributed by atoms with E-state index in [0.29, 0.717) is 16.7 Å². The highest BCUT2D eigenvalue weighted by atomic mass is 35.5. The second-order valence-corrected chi connectivity index (χ2v) is 5.31. The summed E-state index contributed by atoms with van der Waals surface area (Å²) in [7, 11) is 0. The van der Waals surface area contributed by atoms with E-state index in [1.165, 1.54) is 23.9 Å². The molecule has 0 aliphatic rings. The van der Waals surface area contributed by atoms with Gasteiger partial charge in [0.15, 0.2) is 5.11 Å². The Bertz CT molecular complexity index is 641. The van der Waals surface area contributed by atoms with Crippen molar-refractivity contribution in [1.82, 2.24) is 10.7 Å². The van der Waals surface area contributed by atoms with Crippen molar-refractivity contribution in [1.29, 1.82) is 0 Å². The summed E-state index contributed by atoms with van der Waals surface area (Å²) in [5.41, 5.74) is 4.08. The summed E-state index contributed by atoms with van der Waals surface area (Å²) in [6.07, 6.45) is 2.16. The molecule has 0 saturated carbocycles. The van der Waals surface area contributed by atoms with Gasteiger partial charge in [0.1, 0.15) is 5.82 Å². The first-order valence-corrected chi connectivity index (χ1v) is 7.50.